The van der Waals surface area contributed by atoms with Gasteiger partial charge < -0.3 is 14.6 Å². The number of aliphatic carboxylic acids is 1. The number of hydrogen-bond donors (Lipinski definition) is 1. The molecule has 0 aliphatic carbocycles. The van der Waals surface area contributed by atoms with E-state index in [0.717, 1.165) is 0 Å². The van der Waals surface area contributed by atoms with Crippen LogP contribution in [0, 0.1) is 11.7 Å². The molecule has 1 aliphatic heterocycles. The molecule has 1 amide bonds. The molecule has 0 radical (unpaired) electrons. The van der Waals surface area contributed by atoms with Crippen LogP contribution in [0.5, 0.6) is 0 Å². The van der Waals surface area contributed by atoms with E-state index in [0.29, 0.717) is 19.5 Å². The highest BCUT2D eigenvalue weighted by Gasteiger charge is 2.41. The predicted molar refractivity (Wildman–Crippen MR) is 88.1 cm³/mol. The third-order valence-electron chi connectivity index (χ3n) is 4.62. The number of imidazole rings is 1. The van der Waals surface area contributed by atoms with Crippen LogP contribution >= 0.6 is 0 Å². The summed E-state index contributed by atoms with van der Waals surface area (Å²) in [7, 11) is 0. The second-order valence-electron chi connectivity index (χ2n) is 6.19. The third kappa shape index (κ3) is 3.70. The van der Waals surface area contributed by atoms with Gasteiger partial charge in [-0.05, 0) is 18.9 Å². The van der Waals surface area contributed by atoms with Crippen molar-refractivity contribution in [2.24, 2.45) is 5.92 Å². The highest BCUT2D eigenvalue weighted by atomic mass is 19.1. The van der Waals surface area contributed by atoms with Gasteiger partial charge in [-0.2, -0.15) is 0 Å². The molecule has 1 N–H and O–H groups in total. The van der Waals surface area contributed by atoms with Crippen LogP contribution < -0.4 is 0 Å². The van der Waals surface area contributed by atoms with Gasteiger partial charge in [-0.1, -0.05) is 18.2 Å². The van der Waals surface area contributed by atoms with E-state index in [2.05, 4.69) is 4.98 Å². The lowest BCUT2D eigenvalue weighted by Crippen LogP contribution is -2.46. The molecule has 3 rings (SSSR count). The van der Waals surface area contributed by atoms with E-state index in [4.69, 9.17) is 0 Å². The Kier molecular flexibility index (Phi) is 5.11. The maximum Gasteiger partial charge on any atom is 0.308 e. The fraction of sp³-hybridized carbons (Fsp3) is 0.389. The van der Waals surface area contributed by atoms with Crippen molar-refractivity contribution in [3.8, 4) is 0 Å². The van der Waals surface area contributed by atoms with Crippen molar-refractivity contribution in [2.45, 2.75) is 31.8 Å². The van der Waals surface area contributed by atoms with E-state index >= 15 is 0 Å². The summed E-state index contributed by atoms with van der Waals surface area (Å²) in [5.41, 5.74) is 0.269. The molecule has 1 aromatic heterocycles. The van der Waals surface area contributed by atoms with Gasteiger partial charge in [0.15, 0.2) is 0 Å². The first kappa shape index (κ1) is 17.1. The lowest BCUT2D eigenvalue weighted by Gasteiger charge is -2.40. The molecule has 1 aliphatic rings. The number of carbonyl (C=O) groups excluding carboxylic acids is 1. The van der Waals surface area contributed by atoms with Crippen LogP contribution in [-0.4, -0.2) is 38.0 Å². The van der Waals surface area contributed by atoms with Gasteiger partial charge in [0.05, 0.1) is 18.3 Å². The summed E-state index contributed by atoms with van der Waals surface area (Å²) in [5, 5.41) is 9.57. The molecule has 0 saturated carbocycles. The summed E-state index contributed by atoms with van der Waals surface area (Å²) >= 11 is 0. The molecule has 6 nitrogen and oxygen atoms in total. The van der Waals surface area contributed by atoms with Crippen LogP contribution in [0.15, 0.2) is 43.0 Å². The van der Waals surface area contributed by atoms with Gasteiger partial charge in [0.25, 0.3) is 0 Å². The SMILES string of the molecule is O=C(O)[C@H]1CCC(=O)N(CCCn2ccnc2)[C@H]1c1ccccc1F. The fourth-order valence-corrected chi connectivity index (χ4v) is 3.42. The zero-order valence-electron chi connectivity index (χ0n) is 13.7. The molecule has 1 aromatic carbocycles. The van der Waals surface area contributed by atoms with Gasteiger partial charge in [-0.15, -0.1) is 0 Å². The number of carbonyl (C=O) groups is 2. The topological polar surface area (TPSA) is 75.4 Å². The summed E-state index contributed by atoms with van der Waals surface area (Å²) < 4.78 is 16.2. The van der Waals surface area contributed by atoms with Crippen LogP contribution in [-0.2, 0) is 16.1 Å². The molecule has 2 aromatic rings. The minimum absolute atomic E-state index is 0.128. The number of carboxylic acid groups (broad SMARTS) is 1. The molecule has 25 heavy (non-hydrogen) atoms. The molecule has 0 bridgehead atoms. The zero-order valence-corrected chi connectivity index (χ0v) is 13.7. The number of likely N-dealkylation sites (tertiary alicyclic amines) is 1. The largest absolute Gasteiger partial charge is 0.481 e. The van der Waals surface area contributed by atoms with Crippen LogP contribution in [0.4, 0.5) is 4.39 Å². The van der Waals surface area contributed by atoms with Gasteiger partial charge in [-0.3, -0.25) is 9.59 Å². The zero-order chi connectivity index (χ0) is 17.8. The van der Waals surface area contributed by atoms with Crippen molar-refractivity contribution in [1.82, 2.24) is 14.5 Å². The smallest absolute Gasteiger partial charge is 0.308 e. The normalized spacial score (nSPS) is 20.7. The molecule has 1 saturated heterocycles. The Labute approximate surface area is 144 Å². The monoisotopic (exact) mass is 345 g/mol. The molecule has 132 valence electrons. The van der Waals surface area contributed by atoms with Crippen molar-refractivity contribution in [1.29, 1.82) is 0 Å². The molecule has 2 atom stereocenters. The van der Waals surface area contributed by atoms with Crippen molar-refractivity contribution in [3.63, 3.8) is 0 Å². The molecular weight excluding hydrogens is 325 g/mol. The highest BCUT2D eigenvalue weighted by Crippen LogP contribution is 2.38. The summed E-state index contributed by atoms with van der Waals surface area (Å²) in [5.74, 6) is -2.41. The number of benzene rings is 1. The van der Waals surface area contributed by atoms with Crippen LogP contribution in [0.3, 0.4) is 0 Å². The van der Waals surface area contributed by atoms with Crippen molar-refractivity contribution in [2.75, 3.05) is 6.54 Å². The third-order valence-corrected chi connectivity index (χ3v) is 4.62. The second kappa shape index (κ2) is 7.46. The van der Waals surface area contributed by atoms with Gasteiger partial charge >= 0.3 is 5.97 Å². The van der Waals surface area contributed by atoms with Crippen molar-refractivity contribution in [3.05, 3.63) is 54.4 Å². The average Bonchev–Trinajstić information content (AvgIpc) is 3.10. The minimum Gasteiger partial charge on any atom is -0.481 e. The molecule has 1 fully saturated rings. The van der Waals surface area contributed by atoms with E-state index < -0.39 is 23.7 Å². The first-order valence-electron chi connectivity index (χ1n) is 8.30. The number of rotatable bonds is 6. The van der Waals surface area contributed by atoms with Crippen LogP contribution in [0.25, 0.3) is 0 Å². The Bertz CT molecular complexity index is 748. The molecule has 2 heterocycles. The summed E-state index contributed by atoms with van der Waals surface area (Å²) in [6, 6.07) is 5.32. The number of carboxylic acids is 1. The van der Waals surface area contributed by atoms with Crippen LogP contribution in [0.1, 0.15) is 30.9 Å². The summed E-state index contributed by atoms with van der Waals surface area (Å²) in [4.78, 5) is 29.6. The Morgan fingerprint density at radius 2 is 2.12 bits per heavy atom. The molecule has 0 spiro atoms. The maximum atomic E-state index is 14.3. The van der Waals surface area contributed by atoms with E-state index in [1.54, 1.807) is 30.7 Å². The predicted octanol–water partition coefficient (Wildman–Crippen LogP) is 2.48. The lowest BCUT2D eigenvalue weighted by molar-refractivity contribution is -0.152. The number of nitrogens with zero attached hydrogens (tertiary/aromatic N) is 3. The Balaban J connectivity index is 1.84. The van der Waals surface area contributed by atoms with E-state index in [1.807, 2.05) is 10.8 Å². The van der Waals surface area contributed by atoms with E-state index in [9.17, 15) is 19.1 Å². The Morgan fingerprint density at radius 3 is 2.80 bits per heavy atom. The van der Waals surface area contributed by atoms with Gasteiger partial charge in [0.1, 0.15) is 5.82 Å². The molecular formula is C18H20FN3O3. The highest BCUT2D eigenvalue weighted by molar-refractivity contribution is 5.81. The number of amides is 1. The first-order valence-corrected chi connectivity index (χ1v) is 8.30. The average molecular weight is 345 g/mol. The maximum absolute atomic E-state index is 14.3. The standard InChI is InChI=1S/C18H20FN3O3/c19-15-5-2-1-4-13(15)17-14(18(24)25)6-7-16(23)22(17)10-3-9-21-11-8-20-12-21/h1-2,4-5,8,11-12,14,17H,3,6-7,9-10H2,(H,24,25)/t14-,17-/m0/s1. The molecule has 7 heteroatoms. The van der Waals surface area contributed by atoms with Crippen molar-refractivity contribution < 1.29 is 19.1 Å². The van der Waals surface area contributed by atoms with E-state index in [1.165, 1.54) is 11.0 Å². The summed E-state index contributed by atoms with van der Waals surface area (Å²) in [6.45, 7) is 1.03. The quantitative estimate of drug-likeness (QED) is 0.873. The van der Waals surface area contributed by atoms with Gasteiger partial charge in [0, 0.05) is 37.5 Å². The number of halogens is 1. The Morgan fingerprint density at radius 1 is 1.32 bits per heavy atom. The number of aromatic nitrogens is 2. The summed E-state index contributed by atoms with van der Waals surface area (Å²) in [6.07, 6.45) is 6.23. The lowest BCUT2D eigenvalue weighted by atomic mass is 9.84. The second-order valence-corrected chi connectivity index (χ2v) is 6.19. The number of aryl methyl sites for hydroxylation is 1. The Hall–Kier alpha value is -2.70. The molecule has 0 unspecified atom stereocenters. The van der Waals surface area contributed by atoms with Crippen molar-refractivity contribution >= 4 is 11.9 Å². The fourth-order valence-electron chi connectivity index (χ4n) is 3.42. The van der Waals surface area contributed by atoms with Gasteiger partial charge in [0.2, 0.25) is 5.91 Å². The first-order chi connectivity index (χ1) is 12.1. The van der Waals surface area contributed by atoms with Gasteiger partial charge in [-0.25, -0.2) is 9.37 Å². The van der Waals surface area contributed by atoms with Crippen LogP contribution in [0.2, 0.25) is 0 Å². The minimum atomic E-state index is -1.000. The van der Waals surface area contributed by atoms with E-state index in [-0.39, 0.29) is 24.3 Å². The number of piperidine rings is 1. The number of hydrogen-bond acceptors (Lipinski definition) is 3.